The number of rotatable bonds is 3. The van der Waals surface area contributed by atoms with E-state index in [0.29, 0.717) is 22.9 Å². The average molecular weight is 298 g/mol. The molecule has 0 saturated heterocycles. The Hall–Kier alpha value is -3.02. The van der Waals surface area contributed by atoms with E-state index in [1.54, 1.807) is 48.5 Å². The van der Waals surface area contributed by atoms with Crippen LogP contribution in [0.4, 0.5) is 11.4 Å². The van der Waals surface area contributed by atoms with E-state index in [4.69, 9.17) is 9.47 Å². The number of carbonyl (C=O) groups is 2. The van der Waals surface area contributed by atoms with Gasteiger partial charge in [-0.1, -0.05) is 24.3 Å². The van der Waals surface area contributed by atoms with Crippen molar-refractivity contribution in [2.45, 2.75) is 6.10 Å². The third-order valence-electron chi connectivity index (χ3n) is 3.23. The van der Waals surface area contributed by atoms with Crippen molar-refractivity contribution in [3.8, 4) is 11.5 Å². The largest absolute Gasteiger partial charge is 0.495 e. The second kappa shape index (κ2) is 5.77. The van der Waals surface area contributed by atoms with E-state index in [-0.39, 0.29) is 0 Å². The van der Waals surface area contributed by atoms with Gasteiger partial charge in [-0.3, -0.25) is 9.59 Å². The average Bonchev–Trinajstić information content (AvgIpc) is 2.54. The lowest BCUT2D eigenvalue weighted by Gasteiger charge is -2.25. The zero-order chi connectivity index (χ0) is 15.5. The summed E-state index contributed by atoms with van der Waals surface area (Å²) in [5.41, 5.74) is 1.03. The van der Waals surface area contributed by atoms with E-state index in [2.05, 4.69) is 10.6 Å². The van der Waals surface area contributed by atoms with Gasteiger partial charge in [0.1, 0.15) is 11.5 Å². The second-order valence-electron chi connectivity index (χ2n) is 4.67. The van der Waals surface area contributed by atoms with Gasteiger partial charge in [-0.2, -0.15) is 0 Å². The van der Waals surface area contributed by atoms with Gasteiger partial charge in [0.25, 0.3) is 17.9 Å². The normalized spacial score (nSPS) is 16.0. The molecule has 1 aliphatic rings. The number of amides is 2. The van der Waals surface area contributed by atoms with Crippen LogP contribution < -0.4 is 20.1 Å². The van der Waals surface area contributed by atoms with Gasteiger partial charge in [-0.25, -0.2) is 0 Å². The van der Waals surface area contributed by atoms with E-state index < -0.39 is 17.9 Å². The van der Waals surface area contributed by atoms with E-state index >= 15 is 0 Å². The van der Waals surface area contributed by atoms with Crippen molar-refractivity contribution in [3.05, 3.63) is 48.5 Å². The molecule has 0 aromatic heterocycles. The smallest absolute Gasteiger partial charge is 0.275 e. The lowest BCUT2D eigenvalue weighted by molar-refractivity contribution is -0.133. The summed E-state index contributed by atoms with van der Waals surface area (Å²) in [4.78, 5) is 24.3. The molecule has 2 N–H and O–H groups in total. The van der Waals surface area contributed by atoms with E-state index in [1.165, 1.54) is 7.11 Å². The summed E-state index contributed by atoms with van der Waals surface area (Å²) in [7, 11) is 1.51. The minimum Gasteiger partial charge on any atom is -0.495 e. The molecule has 0 aliphatic carbocycles. The second-order valence-corrected chi connectivity index (χ2v) is 4.67. The van der Waals surface area contributed by atoms with Crippen molar-refractivity contribution in [3.63, 3.8) is 0 Å². The third kappa shape index (κ3) is 2.58. The van der Waals surface area contributed by atoms with Crippen molar-refractivity contribution in [2.75, 3.05) is 17.7 Å². The number of benzene rings is 2. The Balaban J connectivity index is 1.80. The molecule has 2 aromatic carbocycles. The lowest BCUT2D eigenvalue weighted by Crippen LogP contribution is -2.45. The van der Waals surface area contributed by atoms with Crippen molar-refractivity contribution in [2.24, 2.45) is 0 Å². The predicted molar refractivity (Wildman–Crippen MR) is 81.1 cm³/mol. The molecule has 22 heavy (non-hydrogen) atoms. The summed E-state index contributed by atoms with van der Waals surface area (Å²) >= 11 is 0. The monoisotopic (exact) mass is 298 g/mol. The Morgan fingerprint density at radius 2 is 1.91 bits per heavy atom. The number of para-hydroxylation sites is 4. The number of ether oxygens (including phenoxy) is 2. The first-order chi connectivity index (χ1) is 10.7. The number of anilines is 2. The first-order valence-electron chi connectivity index (χ1n) is 6.69. The van der Waals surface area contributed by atoms with Crippen LogP contribution in [0.5, 0.6) is 11.5 Å². The molecule has 1 heterocycles. The summed E-state index contributed by atoms with van der Waals surface area (Å²) in [6.45, 7) is 0. The molecular weight excluding hydrogens is 284 g/mol. The molecule has 1 atom stereocenters. The molecular formula is C16H14N2O4. The van der Waals surface area contributed by atoms with Crippen molar-refractivity contribution in [1.29, 1.82) is 0 Å². The molecule has 3 rings (SSSR count). The highest BCUT2D eigenvalue weighted by Crippen LogP contribution is 2.30. The number of nitrogens with one attached hydrogen (secondary N) is 2. The summed E-state index contributed by atoms with van der Waals surface area (Å²) < 4.78 is 10.6. The molecule has 6 nitrogen and oxygen atoms in total. The van der Waals surface area contributed by atoms with Gasteiger partial charge in [-0.15, -0.1) is 0 Å². The Morgan fingerprint density at radius 1 is 1.18 bits per heavy atom. The first kappa shape index (κ1) is 13.9. The van der Waals surface area contributed by atoms with E-state index in [1.807, 2.05) is 0 Å². The van der Waals surface area contributed by atoms with Gasteiger partial charge >= 0.3 is 0 Å². The topological polar surface area (TPSA) is 76.7 Å². The molecule has 2 amide bonds. The highest BCUT2D eigenvalue weighted by molar-refractivity contribution is 6.15. The molecule has 0 fully saturated rings. The molecule has 0 bridgehead atoms. The maximum atomic E-state index is 12.3. The minimum absolute atomic E-state index is 0.460. The molecule has 1 aliphatic heterocycles. The van der Waals surface area contributed by atoms with Crippen LogP contribution >= 0.6 is 0 Å². The Labute approximate surface area is 127 Å². The van der Waals surface area contributed by atoms with Gasteiger partial charge in [0.2, 0.25) is 0 Å². The Morgan fingerprint density at radius 3 is 2.73 bits per heavy atom. The highest BCUT2D eigenvalue weighted by Gasteiger charge is 2.34. The maximum absolute atomic E-state index is 12.3. The van der Waals surface area contributed by atoms with E-state index in [9.17, 15) is 9.59 Å². The molecule has 0 radical (unpaired) electrons. The Kier molecular flexibility index (Phi) is 3.65. The van der Waals surface area contributed by atoms with Crippen LogP contribution in [-0.2, 0) is 9.59 Å². The minimum atomic E-state index is -1.25. The van der Waals surface area contributed by atoms with Crippen molar-refractivity contribution < 1.29 is 19.1 Å². The van der Waals surface area contributed by atoms with Crippen LogP contribution in [0.3, 0.4) is 0 Å². The molecule has 0 spiro atoms. The number of hydrogen-bond donors (Lipinski definition) is 2. The number of methoxy groups -OCH3 is 1. The third-order valence-corrected chi connectivity index (χ3v) is 3.23. The van der Waals surface area contributed by atoms with Crippen LogP contribution in [0.2, 0.25) is 0 Å². The maximum Gasteiger partial charge on any atom is 0.275 e. The summed E-state index contributed by atoms with van der Waals surface area (Å²) in [5, 5.41) is 5.29. The van der Waals surface area contributed by atoms with Gasteiger partial charge in [-0.05, 0) is 24.3 Å². The SMILES string of the molecule is COc1ccccc1NC(=O)[C@@H]1Oc2ccccc2NC1=O. The summed E-state index contributed by atoms with van der Waals surface area (Å²) in [6.07, 6.45) is -1.25. The van der Waals surface area contributed by atoms with E-state index in [0.717, 1.165) is 0 Å². The Bertz CT molecular complexity index is 730. The fourth-order valence-electron chi connectivity index (χ4n) is 2.17. The fourth-order valence-corrected chi connectivity index (χ4v) is 2.17. The van der Waals surface area contributed by atoms with Gasteiger partial charge in [0.05, 0.1) is 18.5 Å². The predicted octanol–water partition coefficient (Wildman–Crippen LogP) is 2.03. The quantitative estimate of drug-likeness (QED) is 0.850. The van der Waals surface area contributed by atoms with Gasteiger partial charge < -0.3 is 20.1 Å². The van der Waals surface area contributed by atoms with Crippen LogP contribution in [0, 0.1) is 0 Å². The van der Waals surface area contributed by atoms with Crippen molar-refractivity contribution in [1.82, 2.24) is 0 Å². The number of carbonyl (C=O) groups excluding carboxylic acids is 2. The van der Waals surface area contributed by atoms with Crippen LogP contribution in [0.1, 0.15) is 0 Å². The summed E-state index contributed by atoms with van der Waals surface area (Å²) in [6, 6.07) is 13.9. The van der Waals surface area contributed by atoms with Crippen LogP contribution in [0.15, 0.2) is 48.5 Å². The van der Waals surface area contributed by atoms with Crippen molar-refractivity contribution >= 4 is 23.2 Å². The zero-order valence-electron chi connectivity index (χ0n) is 11.8. The van der Waals surface area contributed by atoms with Crippen LogP contribution in [0.25, 0.3) is 0 Å². The highest BCUT2D eigenvalue weighted by atomic mass is 16.5. The zero-order valence-corrected chi connectivity index (χ0v) is 11.8. The standard InChI is InChI=1S/C16H14N2O4/c1-21-12-8-4-2-6-10(12)17-15(19)14-16(20)18-11-7-3-5-9-13(11)22-14/h2-9,14H,1H3,(H,17,19)(H,18,20)/t14-/m0/s1. The number of hydrogen-bond acceptors (Lipinski definition) is 4. The lowest BCUT2D eigenvalue weighted by atomic mass is 10.2. The number of fused-ring (bicyclic) bond motifs is 1. The van der Waals surface area contributed by atoms with Gasteiger partial charge in [0.15, 0.2) is 0 Å². The molecule has 2 aromatic rings. The molecule has 6 heteroatoms. The van der Waals surface area contributed by atoms with Crippen LogP contribution in [-0.4, -0.2) is 25.0 Å². The first-order valence-corrected chi connectivity index (χ1v) is 6.69. The fraction of sp³-hybridized carbons (Fsp3) is 0.125. The summed E-state index contributed by atoms with van der Waals surface area (Å²) in [5.74, 6) is -0.0997. The molecule has 0 unspecified atom stereocenters. The van der Waals surface area contributed by atoms with Gasteiger partial charge in [0, 0.05) is 0 Å². The molecule has 0 saturated carbocycles. The molecule has 112 valence electrons.